The van der Waals surface area contributed by atoms with E-state index in [2.05, 4.69) is 29.4 Å². The summed E-state index contributed by atoms with van der Waals surface area (Å²) in [5, 5.41) is 12.0. The second kappa shape index (κ2) is 6.72. The molecule has 1 N–H and O–H groups in total. The number of rotatable bonds is 4. The molecular formula is C12H23N3. The Morgan fingerprint density at radius 3 is 2.47 bits per heavy atom. The molecule has 3 nitrogen and oxygen atoms in total. The molecule has 86 valence electrons. The number of hydrogen-bond donors (Lipinski definition) is 1. The molecule has 1 fully saturated rings. The van der Waals surface area contributed by atoms with E-state index in [-0.39, 0.29) is 0 Å². The van der Waals surface area contributed by atoms with Gasteiger partial charge >= 0.3 is 0 Å². The molecule has 1 heterocycles. The van der Waals surface area contributed by atoms with Crippen LogP contribution in [0.4, 0.5) is 0 Å². The lowest BCUT2D eigenvalue weighted by molar-refractivity contribution is 0.411. The third-order valence-corrected chi connectivity index (χ3v) is 3.01. The highest BCUT2D eigenvalue weighted by Crippen LogP contribution is 2.26. The average Bonchev–Trinajstić information content (AvgIpc) is 2.30. The van der Waals surface area contributed by atoms with Gasteiger partial charge in [0, 0.05) is 5.92 Å². The quantitative estimate of drug-likeness (QED) is 0.709. The summed E-state index contributed by atoms with van der Waals surface area (Å²) in [6.45, 7) is 9.43. The van der Waals surface area contributed by atoms with Crippen LogP contribution in [0.1, 0.15) is 40.0 Å². The Bertz CT molecular complexity index is 237. The first kappa shape index (κ1) is 12.4. The summed E-state index contributed by atoms with van der Waals surface area (Å²) < 4.78 is 0. The summed E-state index contributed by atoms with van der Waals surface area (Å²) in [6, 6.07) is 0. The third-order valence-electron chi connectivity index (χ3n) is 3.01. The molecule has 15 heavy (non-hydrogen) atoms. The van der Waals surface area contributed by atoms with E-state index in [1.807, 2.05) is 6.92 Å². The van der Waals surface area contributed by atoms with Crippen LogP contribution >= 0.6 is 0 Å². The number of nitrogens with one attached hydrogen (secondary N) is 1. The molecule has 3 heteroatoms. The van der Waals surface area contributed by atoms with Gasteiger partial charge in [-0.25, -0.2) is 0 Å². The molecule has 0 saturated carbocycles. The number of piperidine rings is 1. The van der Waals surface area contributed by atoms with Crippen molar-refractivity contribution in [1.82, 2.24) is 5.32 Å². The van der Waals surface area contributed by atoms with Crippen LogP contribution in [0.3, 0.4) is 0 Å². The van der Waals surface area contributed by atoms with Gasteiger partial charge in [-0.3, -0.25) is 0 Å². The van der Waals surface area contributed by atoms with Crippen LogP contribution in [0.5, 0.6) is 0 Å². The normalized spacial score (nSPS) is 20.7. The summed E-state index contributed by atoms with van der Waals surface area (Å²) >= 11 is 0. The molecule has 0 bridgehead atoms. The lowest BCUT2D eigenvalue weighted by atomic mass is 9.91. The first-order valence-electron chi connectivity index (χ1n) is 6.07. The smallest absolute Gasteiger partial charge is 0.0647 e. The summed E-state index contributed by atoms with van der Waals surface area (Å²) in [6.07, 6.45) is 3.49. The fraction of sp³-hybridized carbons (Fsp3) is 0.833. The molecule has 0 spiro atoms. The van der Waals surface area contributed by atoms with Gasteiger partial charge in [-0.05, 0) is 51.8 Å². The molecule has 1 saturated heterocycles. The van der Waals surface area contributed by atoms with E-state index in [1.165, 1.54) is 24.1 Å². The van der Waals surface area contributed by atoms with Crippen molar-refractivity contribution in [3.63, 3.8) is 0 Å². The van der Waals surface area contributed by atoms with Gasteiger partial charge in [0.05, 0.1) is 12.2 Å². The fourth-order valence-electron chi connectivity index (χ4n) is 1.94. The van der Waals surface area contributed by atoms with Crippen molar-refractivity contribution < 1.29 is 0 Å². The minimum Gasteiger partial charge on any atom is -0.317 e. The lowest BCUT2D eigenvalue weighted by Gasteiger charge is -2.23. The van der Waals surface area contributed by atoms with Crippen molar-refractivity contribution in [2.75, 3.05) is 19.6 Å². The standard InChI is InChI=1S/C12H23N3/c1-4-10(3)12(15-14-5-2)11-6-8-13-9-7-11/h11,13H,4-9H2,1-3H3/b12-10-,15-14?. The minimum absolute atomic E-state index is 0.626. The summed E-state index contributed by atoms with van der Waals surface area (Å²) in [7, 11) is 0. The molecule has 0 unspecified atom stereocenters. The summed E-state index contributed by atoms with van der Waals surface area (Å²) in [5.74, 6) is 0.626. The molecule has 0 radical (unpaired) electrons. The van der Waals surface area contributed by atoms with Crippen LogP contribution in [0, 0.1) is 5.92 Å². The molecule has 1 aliphatic heterocycles. The van der Waals surface area contributed by atoms with Gasteiger partial charge in [0.15, 0.2) is 0 Å². The van der Waals surface area contributed by atoms with Crippen LogP contribution in [-0.4, -0.2) is 19.6 Å². The third kappa shape index (κ3) is 3.74. The van der Waals surface area contributed by atoms with Crippen molar-refractivity contribution in [1.29, 1.82) is 0 Å². The first-order chi connectivity index (χ1) is 7.29. The highest BCUT2D eigenvalue weighted by Gasteiger charge is 2.18. The van der Waals surface area contributed by atoms with Crippen molar-refractivity contribution in [2.24, 2.45) is 16.1 Å². The van der Waals surface area contributed by atoms with E-state index in [4.69, 9.17) is 0 Å². The topological polar surface area (TPSA) is 36.8 Å². The van der Waals surface area contributed by atoms with Gasteiger partial charge in [-0.15, -0.1) is 0 Å². The van der Waals surface area contributed by atoms with E-state index < -0.39 is 0 Å². The van der Waals surface area contributed by atoms with Gasteiger partial charge < -0.3 is 5.32 Å². The van der Waals surface area contributed by atoms with Crippen molar-refractivity contribution in [3.8, 4) is 0 Å². The van der Waals surface area contributed by atoms with Crippen LogP contribution < -0.4 is 5.32 Å². The number of allylic oxidation sites excluding steroid dienone is 2. The van der Waals surface area contributed by atoms with Gasteiger partial charge in [-0.2, -0.15) is 10.2 Å². The molecule has 0 amide bonds. The first-order valence-corrected chi connectivity index (χ1v) is 6.07. The summed E-state index contributed by atoms with van der Waals surface area (Å²) in [5.41, 5.74) is 2.65. The number of nitrogens with zero attached hydrogens (tertiary/aromatic N) is 2. The largest absolute Gasteiger partial charge is 0.317 e. The molecule has 0 aromatic rings. The van der Waals surface area contributed by atoms with E-state index in [9.17, 15) is 0 Å². The van der Waals surface area contributed by atoms with Crippen molar-refractivity contribution >= 4 is 0 Å². The monoisotopic (exact) mass is 209 g/mol. The maximum absolute atomic E-state index is 4.41. The molecule has 0 aliphatic carbocycles. The molecule has 0 aromatic carbocycles. The second-order valence-corrected chi connectivity index (χ2v) is 4.10. The Balaban J connectivity index is 2.75. The maximum atomic E-state index is 4.41. The Morgan fingerprint density at radius 2 is 1.93 bits per heavy atom. The zero-order valence-corrected chi connectivity index (χ0v) is 10.2. The van der Waals surface area contributed by atoms with Crippen LogP contribution in [0.2, 0.25) is 0 Å². The second-order valence-electron chi connectivity index (χ2n) is 4.10. The SMILES string of the molecule is CCN=N/C(=C(/C)CC)C1CCNCC1. The molecule has 1 rings (SSSR count). The van der Waals surface area contributed by atoms with Gasteiger partial charge in [0.1, 0.15) is 0 Å². The van der Waals surface area contributed by atoms with Gasteiger partial charge in [0.25, 0.3) is 0 Å². The van der Waals surface area contributed by atoms with E-state index in [1.54, 1.807) is 0 Å². The zero-order valence-electron chi connectivity index (χ0n) is 10.2. The Labute approximate surface area is 93.1 Å². The predicted molar refractivity (Wildman–Crippen MR) is 64.0 cm³/mol. The zero-order chi connectivity index (χ0) is 11.1. The predicted octanol–water partition coefficient (Wildman–Crippen LogP) is 3.14. The van der Waals surface area contributed by atoms with Crippen LogP contribution in [-0.2, 0) is 0 Å². The van der Waals surface area contributed by atoms with Crippen molar-refractivity contribution in [2.45, 2.75) is 40.0 Å². The highest BCUT2D eigenvalue weighted by atomic mass is 15.1. The van der Waals surface area contributed by atoms with Gasteiger partial charge in [0.2, 0.25) is 0 Å². The van der Waals surface area contributed by atoms with Crippen molar-refractivity contribution in [3.05, 3.63) is 11.3 Å². The van der Waals surface area contributed by atoms with E-state index in [0.717, 1.165) is 26.1 Å². The molecular weight excluding hydrogens is 186 g/mol. The molecule has 0 atom stereocenters. The lowest BCUT2D eigenvalue weighted by Crippen LogP contribution is -2.28. The van der Waals surface area contributed by atoms with E-state index in [0.29, 0.717) is 5.92 Å². The molecule has 0 aromatic heterocycles. The van der Waals surface area contributed by atoms with E-state index >= 15 is 0 Å². The Morgan fingerprint density at radius 1 is 1.27 bits per heavy atom. The number of hydrogen-bond acceptors (Lipinski definition) is 3. The highest BCUT2D eigenvalue weighted by molar-refractivity contribution is 5.14. The Kier molecular flexibility index (Phi) is 5.54. The van der Waals surface area contributed by atoms with Gasteiger partial charge in [-0.1, -0.05) is 6.92 Å². The van der Waals surface area contributed by atoms with Crippen LogP contribution in [0.15, 0.2) is 21.5 Å². The fourth-order valence-corrected chi connectivity index (χ4v) is 1.94. The number of azo groups is 1. The summed E-state index contributed by atoms with van der Waals surface area (Å²) in [4.78, 5) is 0. The van der Waals surface area contributed by atoms with Crippen LogP contribution in [0.25, 0.3) is 0 Å². The minimum atomic E-state index is 0.626. The molecule has 1 aliphatic rings. The average molecular weight is 209 g/mol. The maximum Gasteiger partial charge on any atom is 0.0647 e. The Hall–Kier alpha value is -0.700.